The van der Waals surface area contributed by atoms with Gasteiger partial charge in [-0.2, -0.15) is 0 Å². The number of H-pyrrole nitrogens is 1. The molecular weight excluding hydrogens is 246 g/mol. The summed E-state index contributed by atoms with van der Waals surface area (Å²) in [6.07, 6.45) is 0.583. The summed E-state index contributed by atoms with van der Waals surface area (Å²) in [6.45, 7) is 1.88. The molecule has 0 radical (unpaired) electrons. The van der Waals surface area contributed by atoms with Crippen molar-refractivity contribution in [3.05, 3.63) is 42.0 Å². The van der Waals surface area contributed by atoms with Crippen molar-refractivity contribution in [2.75, 3.05) is 0 Å². The molecule has 0 saturated heterocycles. The topological polar surface area (TPSA) is 82.5 Å². The number of aromatic hydroxyl groups is 2. The van der Waals surface area contributed by atoms with Crippen LogP contribution in [0.3, 0.4) is 0 Å². The molecule has 19 heavy (non-hydrogen) atoms. The minimum atomic E-state index is -0.469. The predicted octanol–water partition coefficient (Wildman–Crippen LogP) is 2.53. The van der Waals surface area contributed by atoms with Gasteiger partial charge in [0.1, 0.15) is 0 Å². The van der Waals surface area contributed by atoms with E-state index in [0.29, 0.717) is 6.42 Å². The molecule has 5 nitrogen and oxygen atoms in total. The standard InChI is InChI=1S/C14H15NO4/c1-2-10(9-6-4-3-5-7-9)14(18)19-11-8-12(16)15-13(11)17/h3-8,10,15-17H,2H2,1H3. The number of esters is 1. The van der Waals surface area contributed by atoms with E-state index in [0.717, 1.165) is 11.6 Å². The van der Waals surface area contributed by atoms with Crippen molar-refractivity contribution in [3.8, 4) is 17.5 Å². The van der Waals surface area contributed by atoms with Crippen molar-refractivity contribution in [2.45, 2.75) is 19.3 Å². The molecule has 5 heteroatoms. The van der Waals surface area contributed by atoms with E-state index in [1.165, 1.54) is 0 Å². The molecule has 0 amide bonds. The van der Waals surface area contributed by atoms with Crippen LogP contribution in [0.2, 0.25) is 0 Å². The number of carbonyl (C=O) groups excluding carboxylic acids is 1. The molecule has 0 aliphatic heterocycles. The Morgan fingerprint density at radius 2 is 2.00 bits per heavy atom. The highest BCUT2D eigenvalue weighted by atomic mass is 16.5. The van der Waals surface area contributed by atoms with E-state index >= 15 is 0 Å². The molecule has 2 aromatic rings. The van der Waals surface area contributed by atoms with Crippen LogP contribution in [0.4, 0.5) is 0 Å². The number of nitrogens with one attached hydrogen (secondary N) is 1. The quantitative estimate of drug-likeness (QED) is 0.738. The van der Waals surface area contributed by atoms with Gasteiger partial charge in [-0.25, -0.2) is 0 Å². The Hall–Kier alpha value is -2.43. The lowest BCUT2D eigenvalue weighted by Gasteiger charge is -2.13. The van der Waals surface area contributed by atoms with Crippen LogP contribution in [-0.4, -0.2) is 21.2 Å². The lowest BCUT2D eigenvalue weighted by Crippen LogP contribution is -2.18. The highest BCUT2D eigenvalue weighted by Gasteiger charge is 2.22. The van der Waals surface area contributed by atoms with E-state index in [-0.39, 0.29) is 17.5 Å². The van der Waals surface area contributed by atoms with Crippen LogP contribution >= 0.6 is 0 Å². The highest BCUT2D eigenvalue weighted by Crippen LogP contribution is 2.31. The van der Waals surface area contributed by atoms with Crippen LogP contribution in [-0.2, 0) is 4.79 Å². The Morgan fingerprint density at radius 3 is 2.53 bits per heavy atom. The smallest absolute Gasteiger partial charge is 0.318 e. The molecule has 0 spiro atoms. The first kappa shape index (κ1) is 13.0. The minimum absolute atomic E-state index is 0.0723. The van der Waals surface area contributed by atoms with Gasteiger partial charge in [0.15, 0.2) is 11.6 Å². The van der Waals surface area contributed by atoms with E-state index < -0.39 is 11.9 Å². The molecule has 1 aromatic carbocycles. The third kappa shape index (κ3) is 2.88. The number of hydrogen-bond acceptors (Lipinski definition) is 4. The summed E-state index contributed by atoms with van der Waals surface area (Å²) < 4.78 is 5.09. The van der Waals surface area contributed by atoms with E-state index in [1.807, 2.05) is 37.3 Å². The summed E-state index contributed by atoms with van der Waals surface area (Å²) in [7, 11) is 0. The van der Waals surface area contributed by atoms with Crippen molar-refractivity contribution in [1.82, 2.24) is 4.98 Å². The number of aromatic amines is 1. The summed E-state index contributed by atoms with van der Waals surface area (Å²) >= 11 is 0. The molecule has 1 atom stereocenters. The van der Waals surface area contributed by atoms with Gasteiger partial charge < -0.3 is 14.9 Å². The fraction of sp³-hybridized carbons (Fsp3) is 0.214. The Labute approximate surface area is 110 Å². The van der Waals surface area contributed by atoms with Crippen LogP contribution in [0, 0.1) is 0 Å². The second kappa shape index (κ2) is 5.48. The zero-order valence-corrected chi connectivity index (χ0v) is 10.5. The van der Waals surface area contributed by atoms with Crippen molar-refractivity contribution in [1.29, 1.82) is 0 Å². The minimum Gasteiger partial charge on any atom is -0.494 e. The predicted molar refractivity (Wildman–Crippen MR) is 69.2 cm³/mol. The number of rotatable bonds is 4. The van der Waals surface area contributed by atoms with Gasteiger partial charge in [0.2, 0.25) is 5.88 Å². The number of carbonyl (C=O) groups is 1. The van der Waals surface area contributed by atoms with Crippen LogP contribution in [0.5, 0.6) is 17.5 Å². The molecule has 1 unspecified atom stereocenters. The van der Waals surface area contributed by atoms with Crippen LogP contribution in [0.25, 0.3) is 0 Å². The Balaban J connectivity index is 2.16. The molecule has 1 heterocycles. The molecular formula is C14H15NO4. The van der Waals surface area contributed by atoms with Crippen molar-refractivity contribution in [2.24, 2.45) is 0 Å². The van der Waals surface area contributed by atoms with Crippen molar-refractivity contribution >= 4 is 5.97 Å². The Kier molecular flexibility index (Phi) is 3.75. The molecule has 100 valence electrons. The number of aromatic nitrogens is 1. The molecule has 0 fully saturated rings. The summed E-state index contributed by atoms with van der Waals surface area (Å²) in [5.74, 6) is -1.57. The molecule has 3 N–H and O–H groups in total. The second-order valence-electron chi connectivity index (χ2n) is 4.16. The normalized spacial score (nSPS) is 12.1. The monoisotopic (exact) mass is 261 g/mol. The van der Waals surface area contributed by atoms with Gasteiger partial charge in [0.05, 0.1) is 5.92 Å². The maximum absolute atomic E-state index is 12.1. The average Bonchev–Trinajstić information content (AvgIpc) is 2.70. The van der Waals surface area contributed by atoms with Crippen LogP contribution in [0.15, 0.2) is 36.4 Å². The first-order valence-corrected chi connectivity index (χ1v) is 5.99. The van der Waals surface area contributed by atoms with Crippen LogP contribution in [0.1, 0.15) is 24.8 Å². The van der Waals surface area contributed by atoms with E-state index in [1.54, 1.807) is 0 Å². The maximum Gasteiger partial charge on any atom is 0.318 e. The lowest BCUT2D eigenvalue weighted by atomic mass is 9.97. The van der Waals surface area contributed by atoms with E-state index in [9.17, 15) is 9.90 Å². The molecule has 0 aliphatic carbocycles. The fourth-order valence-corrected chi connectivity index (χ4v) is 1.89. The maximum atomic E-state index is 12.1. The third-order valence-electron chi connectivity index (χ3n) is 2.85. The largest absolute Gasteiger partial charge is 0.494 e. The zero-order chi connectivity index (χ0) is 13.8. The molecule has 1 aromatic heterocycles. The van der Waals surface area contributed by atoms with Crippen molar-refractivity contribution < 1.29 is 19.7 Å². The Morgan fingerprint density at radius 1 is 1.32 bits per heavy atom. The summed E-state index contributed by atoms with van der Waals surface area (Å²) in [4.78, 5) is 14.3. The highest BCUT2D eigenvalue weighted by molar-refractivity contribution is 5.80. The van der Waals surface area contributed by atoms with Gasteiger partial charge in [-0.15, -0.1) is 0 Å². The number of benzene rings is 1. The SMILES string of the molecule is CCC(C(=O)Oc1cc(O)[nH]c1O)c1ccccc1. The Bertz CT molecular complexity index is 562. The summed E-state index contributed by atoms with van der Waals surface area (Å²) in [5.41, 5.74) is 0.856. The summed E-state index contributed by atoms with van der Waals surface area (Å²) in [5, 5.41) is 18.6. The first-order chi connectivity index (χ1) is 9.11. The zero-order valence-electron chi connectivity index (χ0n) is 10.5. The number of hydrogen-bond donors (Lipinski definition) is 3. The van der Waals surface area contributed by atoms with Crippen molar-refractivity contribution in [3.63, 3.8) is 0 Å². The fourth-order valence-electron chi connectivity index (χ4n) is 1.89. The molecule has 0 saturated carbocycles. The van der Waals surface area contributed by atoms with Crippen LogP contribution < -0.4 is 4.74 Å². The van der Waals surface area contributed by atoms with E-state index in [4.69, 9.17) is 9.84 Å². The average molecular weight is 261 g/mol. The lowest BCUT2D eigenvalue weighted by molar-refractivity contribution is -0.136. The van der Waals surface area contributed by atoms with Gasteiger partial charge in [-0.1, -0.05) is 37.3 Å². The molecule has 0 aliphatic rings. The summed E-state index contributed by atoms with van der Waals surface area (Å²) in [6, 6.07) is 10.4. The van der Waals surface area contributed by atoms with Gasteiger partial charge in [0, 0.05) is 6.07 Å². The second-order valence-corrected chi connectivity index (χ2v) is 4.16. The van der Waals surface area contributed by atoms with Gasteiger partial charge in [-0.3, -0.25) is 9.78 Å². The number of ether oxygens (including phenoxy) is 1. The first-order valence-electron chi connectivity index (χ1n) is 5.99. The molecule has 2 rings (SSSR count). The van der Waals surface area contributed by atoms with Gasteiger partial charge >= 0.3 is 5.97 Å². The van der Waals surface area contributed by atoms with Gasteiger partial charge in [0.25, 0.3) is 0 Å². The third-order valence-corrected chi connectivity index (χ3v) is 2.85. The van der Waals surface area contributed by atoms with Gasteiger partial charge in [-0.05, 0) is 12.0 Å². The van der Waals surface area contributed by atoms with E-state index in [2.05, 4.69) is 4.98 Å². The molecule has 0 bridgehead atoms.